The summed E-state index contributed by atoms with van der Waals surface area (Å²) in [5.74, 6) is -3.53. The summed E-state index contributed by atoms with van der Waals surface area (Å²) in [4.78, 5) is 78.2. The van der Waals surface area contributed by atoms with Gasteiger partial charge in [-0.2, -0.15) is 0 Å². The fourth-order valence-corrected chi connectivity index (χ4v) is 7.28. The number of ether oxygens (including phenoxy) is 5. The number of aliphatic hydroxyl groups excluding tert-OH is 2. The number of unbranched alkanes of at least 4 members (excludes halogenated alkanes) is 12. The Labute approximate surface area is 332 Å². The standard InChI is InChI=1S/C39H61N5O13/c1-3-4-5-6-7-8-9-10-11-12-13-14-15-19-28(46)54-25-23-26(36(51)42-24-18-16-17-21-41-35(24)50)55-38(29(25)47)57-33(34(40)49)32-31(53-2)30(48)37(56-32)44-22-20-27(45)43-39(44)52/h20,22-25,29-33,37-38,47-48H,3-19,21H2,1-2H3,(H2,40,49)(H,41,50)(H,42,51)(H,43,45,52)/t24-,25-,29-,30+,31-,32-,33+,37+,38+/m0/s1. The van der Waals surface area contributed by atoms with Crippen LogP contribution in [0.25, 0.3) is 0 Å². The average Bonchev–Trinajstić information content (AvgIpc) is 3.36. The van der Waals surface area contributed by atoms with E-state index in [1.54, 1.807) is 0 Å². The molecular formula is C39H61N5O13. The molecule has 0 radical (unpaired) electrons. The van der Waals surface area contributed by atoms with Crippen LogP contribution in [-0.4, -0.2) is 106 Å². The van der Waals surface area contributed by atoms with E-state index >= 15 is 0 Å². The molecule has 7 N–H and O–H groups in total. The van der Waals surface area contributed by atoms with Crippen molar-refractivity contribution in [3.8, 4) is 0 Å². The highest BCUT2D eigenvalue weighted by atomic mass is 16.7. The Morgan fingerprint density at radius 2 is 1.61 bits per heavy atom. The minimum Gasteiger partial charge on any atom is -0.456 e. The number of amides is 3. The number of aromatic nitrogens is 2. The van der Waals surface area contributed by atoms with Crippen LogP contribution >= 0.6 is 0 Å². The maximum atomic E-state index is 13.5. The summed E-state index contributed by atoms with van der Waals surface area (Å²) >= 11 is 0. The summed E-state index contributed by atoms with van der Waals surface area (Å²) in [6.45, 7) is 2.67. The molecule has 9 atom stereocenters. The maximum Gasteiger partial charge on any atom is 0.330 e. The van der Waals surface area contributed by atoms with E-state index in [0.29, 0.717) is 25.8 Å². The molecule has 0 aromatic carbocycles. The molecule has 4 heterocycles. The quantitative estimate of drug-likeness (QED) is 0.0677. The molecule has 3 aliphatic heterocycles. The second-order valence-corrected chi connectivity index (χ2v) is 14.9. The average molecular weight is 808 g/mol. The molecule has 18 nitrogen and oxygen atoms in total. The molecule has 2 saturated heterocycles. The third-order valence-electron chi connectivity index (χ3n) is 10.5. The smallest absolute Gasteiger partial charge is 0.330 e. The van der Waals surface area contributed by atoms with Gasteiger partial charge < -0.3 is 50.3 Å². The van der Waals surface area contributed by atoms with Crippen molar-refractivity contribution in [1.82, 2.24) is 20.2 Å². The minimum absolute atomic E-state index is 0.0454. The summed E-state index contributed by atoms with van der Waals surface area (Å²) in [6, 6.07) is 0.133. The number of nitrogens with zero attached hydrogens (tertiary/aromatic N) is 1. The first kappa shape index (κ1) is 45.6. The third kappa shape index (κ3) is 13.5. The number of methoxy groups -OCH3 is 1. The van der Waals surface area contributed by atoms with Crippen molar-refractivity contribution in [3.05, 3.63) is 44.9 Å². The highest BCUT2D eigenvalue weighted by molar-refractivity contribution is 5.95. The Bertz CT molecular complexity index is 1610. The number of carbonyl (C=O) groups is 4. The van der Waals surface area contributed by atoms with Gasteiger partial charge in [0.25, 0.3) is 11.5 Å². The van der Waals surface area contributed by atoms with Crippen molar-refractivity contribution < 1.29 is 53.1 Å². The second-order valence-electron chi connectivity index (χ2n) is 14.9. The number of carbonyl (C=O) groups excluding carboxylic acids is 4. The first-order valence-electron chi connectivity index (χ1n) is 20.4. The number of nitrogens with one attached hydrogen (secondary N) is 3. The Morgan fingerprint density at radius 1 is 0.965 bits per heavy atom. The number of rotatable bonds is 23. The summed E-state index contributed by atoms with van der Waals surface area (Å²) in [7, 11) is 1.20. The van der Waals surface area contributed by atoms with E-state index in [9.17, 15) is 39.0 Å². The zero-order chi connectivity index (χ0) is 41.3. The summed E-state index contributed by atoms with van der Waals surface area (Å²) < 4.78 is 29.4. The number of H-pyrrole nitrogens is 1. The molecule has 3 amide bonds. The van der Waals surface area contributed by atoms with Gasteiger partial charge in [-0.05, 0) is 25.7 Å². The highest BCUT2D eigenvalue weighted by Gasteiger charge is 2.53. The van der Waals surface area contributed by atoms with Crippen molar-refractivity contribution in [2.24, 2.45) is 5.73 Å². The molecule has 57 heavy (non-hydrogen) atoms. The Hall–Kier alpha value is -4.10. The first-order valence-corrected chi connectivity index (χ1v) is 20.4. The Balaban J connectivity index is 1.41. The van der Waals surface area contributed by atoms with Crippen LogP contribution in [0.4, 0.5) is 0 Å². The van der Waals surface area contributed by atoms with Gasteiger partial charge in [-0.1, -0.05) is 84.0 Å². The van der Waals surface area contributed by atoms with Crippen LogP contribution < -0.4 is 27.6 Å². The molecule has 0 aliphatic carbocycles. The maximum absolute atomic E-state index is 13.5. The van der Waals surface area contributed by atoms with Crippen LogP contribution in [0.1, 0.15) is 122 Å². The zero-order valence-corrected chi connectivity index (χ0v) is 33.1. The van der Waals surface area contributed by atoms with E-state index < -0.39 is 95.9 Å². The Morgan fingerprint density at radius 3 is 2.23 bits per heavy atom. The number of aromatic amines is 1. The first-order chi connectivity index (χ1) is 27.4. The lowest BCUT2D eigenvalue weighted by Gasteiger charge is -2.36. The van der Waals surface area contributed by atoms with Crippen LogP contribution in [0.5, 0.6) is 0 Å². The number of primary amides is 1. The minimum atomic E-state index is -1.88. The molecule has 4 rings (SSSR count). The lowest BCUT2D eigenvalue weighted by atomic mass is 10.0. The van der Waals surface area contributed by atoms with Crippen LogP contribution in [0.3, 0.4) is 0 Å². The van der Waals surface area contributed by atoms with E-state index in [1.165, 1.54) is 58.5 Å². The van der Waals surface area contributed by atoms with Crippen molar-refractivity contribution in [2.45, 2.75) is 171 Å². The van der Waals surface area contributed by atoms with Gasteiger partial charge in [0.2, 0.25) is 18.1 Å². The topological polar surface area (TPSA) is 260 Å². The number of nitrogens with two attached hydrogens (primary N) is 1. The fourth-order valence-electron chi connectivity index (χ4n) is 7.28. The molecule has 1 aromatic rings. The molecule has 1 aromatic heterocycles. The second kappa shape index (κ2) is 23.3. The van der Waals surface area contributed by atoms with Crippen molar-refractivity contribution in [1.29, 1.82) is 0 Å². The number of hydrogen-bond acceptors (Lipinski definition) is 13. The summed E-state index contributed by atoms with van der Waals surface area (Å²) in [6.07, 6.45) is 5.73. The van der Waals surface area contributed by atoms with Crippen molar-refractivity contribution >= 4 is 23.7 Å². The van der Waals surface area contributed by atoms with Gasteiger partial charge >= 0.3 is 11.7 Å². The fraction of sp³-hybridized carbons (Fsp3) is 0.744. The van der Waals surface area contributed by atoms with E-state index in [1.807, 2.05) is 4.98 Å². The number of hydrogen-bond donors (Lipinski definition) is 6. The van der Waals surface area contributed by atoms with Gasteiger partial charge in [0, 0.05) is 38.4 Å². The number of esters is 1. The highest BCUT2D eigenvalue weighted by Crippen LogP contribution is 2.34. The molecule has 0 spiro atoms. The molecule has 0 unspecified atom stereocenters. The zero-order valence-electron chi connectivity index (χ0n) is 33.1. The van der Waals surface area contributed by atoms with E-state index in [-0.39, 0.29) is 6.42 Å². The van der Waals surface area contributed by atoms with Crippen molar-refractivity contribution in [3.63, 3.8) is 0 Å². The van der Waals surface area contributed by atoms with Crippen LogP contribution in [0.2, 0.25) is 0 Å². The summed E-state index contributed by atoms with van der Waals surface area (Å²) in [5.41, 5.74) is 4.10. The van der Waals surface area contributed by atoms with E-state index in [0.717, 1.165) is 55.0 Å². The van der Waals surface area contributed by atoms with Gasteiger partial charge in [-0.15, -0.1) is 0 Å². The lowest BCUT2D eigenvalue weighted by molar-refractivity contribution is -0.244. The van der Waals surface area contributed by atoms with Crippen LogP contribution in [0, 0.1) is 0 Å². The monoisotopic (exact) mass is 807 g/mol. The van der Waals surface area contributed by atoms with Gasteiger partial charge in [-0.3, -0.25) is 33.5 Å². The van der Waals surface area contributed by atoms with Gasteiger partial charge in [-0.25, -0.2) is 4.79 Å². The molecule has 0 bridgehead atoms. The predicted molar refractivity (Wildman–Crippen MR) is 204 cm³/mol. The molecular weight excluding hydrogens is 746 g/mol. The SMILES string of the molecule is CCCCCCCCCCCCCCCC(=O)O[C@H]1C=C(C(=O)N[C@H]2CCCCNC2=O)O[C@H](O[C@@H](C(N)=O)[C@H]2O[C@@H](n3ccc(=O)[nH]c3=O)[C@H](O)[C@@H]2OC)[C@H]1O. The normalized spacial score (nSPS) is 26.7. The molecule has 0 saturated carbocycles. The lowest BCUT2D eigenvalue weighted by Crippen LogP contribution is -2.55. The van der Waals surface area contributed by atoms with Gasteiger partial charge in [0.15, 0.2) is 30.3 Å². The third-order valence-corrected chi connectivity index (χ3v) is 10.5. The largest absolute Gasteiger partial charge is 0.456 e. The predicted octanol–water partition coefficient (Wildman–Crippen LogP) is 1.46. The van der Waals surface area contributed by atoms with Gasteiger partial charge in [0.1, 0.15) is 24.4 Å². The molecule has 3 aliphatic rings. The molecule has 2 fully saturated rings. The number of aliphatic hydroxyl groups is 2. The van der Waals surface area contributed by atoms with Crippen molar-refractivity contribution in [2.75, 3.05) is 13.7 Å². The van der Waals surface area contributed by atoms with Gasteiger partial charge in [0.05, 0.1) is 0 Å². The Kier molecular flexibility index (Phi) is 18.7. The van der Waals surface area contributed by atoms with E-state index in [4.69, 9.17) is 29.4 Å². The molecule has 320 valence electrons. The van der Waals surface area contributed by atoms with E-state index in [2.05, 4.69) is 17.6 Å². The summed E-state index contributed by atoms with van der Waals surface area (Å²) in [5, 5.41) is 27.8. The molecule has 18 heteroatoms. The van der Waals surface area contributed by atoms with Crippen LogP contribution in [0.15, 0.2) is 33.7 Å². The van der Waals surface area contributed by atoms with Crippen LogP contribution in [-0.2, 0) is 42.9 Å².